The van der Waals surface area contributed by atoms with Gasteiger partial charge >= 0.3 is 0 Å². The van der Waals surface area contributed by atoms with Crippen molar-refractivity contribution in [1.82, 2.24) is 0 Å². The Balaban J connectivity index is 2.17. The zero-order valence-electron chi connectivity index (χ0n) is 8.49. The van der Waals surface area contributed by atoms with E-state index in [0.717, 1.165) is 12.0 Å². The number of hydrogen-bond donors (Lipinski definition) is 1. The van der Waals surface area contributed by atoms with E-state index < -0.39 is 0 Å². The van der Waals surface area contributed by atoms with Crippen LogP contribution >= 0.6 is 34.5 Å². The minimum Gasteiger partial charge on any atom is -0.324 e. The highest BCUT2D eigenvalue weighted by atomic mass is 35.5. The lowest BCUT2D eigenvalue weighted by molar-refractivity contribution is 0.724. The van der Waals surface area contributed by atoms with Crippen LogP contribution in [-0.2, 0) is 6.42 Å². The summed E-state index contributed by atoms with van der Waals surface area (Å²) in [7, 11) is 0. The number of benzene rings is 1. The van der Waals surface area contributed by atoms with E-state index in [-0.39, 0.29) is 6.04 Å². The largest absolute Gasteiger partial charge is 0.324 e. The first-order valence-corrected chi connectivity index (χ1v) is 6.57. The maximum Gasteiger partial charge on any atom is 0.0424 e. The monoisotopic (exact) mass is 271 g/mol. The fourth-order valence-electron chi connectivity index (χ4n) is 1.57. The van der Waals surface area contributed by atoms with Crippen LogP contribution in [0, 0.1) is 0 Å². The molecule has 16 heavy (non-hydrogen) atoms. The van der Waals surface area contributed by atoms with Crippen LogP contribution in [0.25, 0.3) is 0 Å². The summed E-state index contributed by atoms with van der Waals surface area (Å²) in [5.74, 6) is 0. The van der Waals surface area contributed by atoms with Gasteiger partial charge in [-0.1, -0.05) is 23.2 Å². The van der Waals surface area contributed by atoms with Gasteiger partial charge in [0, 0.05) is 16.1 Å². The van der Waals surface area contributed by atoms with E-state index in [0.29, 0.717) is 10.0 Å². The minimum atomic E-state index is -0.0641. The summed E-state index contributed by atoms with van der Waals surface area (Å²) in [6.45, 7) is 0. The van der Waals surface area contributed by atoms with Gasteiger partial charge in [-0.05, 0) is 52.6 Å². The highest BCUT2D eigenvalue weighted by Gasteiger charge is 2.09. The van der Waals surface area contributed by atoms with Gasteiger partial charge in [0.05, 0.1) is 0 Å². The average Bonchev–Trinajstić information content (AvgIpc) is 2.68. The van der Waals surface area contributed by atoms with Gasteiger partial charge < -0.3 is 5.73 Å². The number of halogens is 2. The molecule has 2 rings (SSSR count). The van der Waals surface area contributed by atoms with Crippen molar-refractivity contribution in [3.05, 3.63) is 56.2 Å². The molecule has 1 heterocycles. The van der Waals surface area contributed by atoms with Crippen molar-refractivity contribution in [2.45, 2.75) is 12.5 Å². The van der Waals surface area contributed by atoms with Gasteiger partial charge in [-0.3, -0.25) is 0 Å². The molecule has 0 saturated heterocycles. The van der Waals surface area contributed by atoms with Crippen LogP contribution in [0.4, 0.5) is 0 Å². The van der Waals surface area contributed by atoms with E-state index in [4.69, 9.17) is 28.9 Å². The average molecular weight is 272 g/mol. The fraction of sp³-hybridized carbons (Fsp3) is 0.167. The first-order chi connectivity index (χ1) is 7.65. The normalized spacial score (nSPS) is 12.7. The van der Waals surface area contributed by atoms with Crippen molar-refractivity contribution in [3.63, 3.8) is 0 Å². The van der Waals surface area contributed by atoms with E-state index in [1.54, 1.807) is 17.4 Å². The molecule has 4 heteroatoms. The zero-order chi connectivity index (χ0) is 11.5. The van der Waals surface area contributed by atoms with Crippen molar-refractivity contribution < 1.29 is 0 Å². The fourth-order valence-corrected chi connectivity index (χ4v) is 2.79. The molecule has 0 saturated carbocycles. The Bertz CT molecular complexity index is 448. The molecule has 0 aliphatic carbocycles. The van der Waals surface area contributed by atoms with Gasteiger partial charge in [-0.25, -0.2) is 0 Å². The van der Waals surface area contributed by atoms with Gasteiger partial charge in [0.15, 0.2) is 0 Å². The molecule has 0 fully saturated rings. The first kappa shape index (κ1) is 11.9. The van der Waals surface area contributed by atoms with Crippen LogP contribution in [0.5, 0.6) is 0 Å². The summed E-state index contributed by atoms with van der Waals surface area (Å²) < 4.78 is 0. The maximum absolute atomic E-state index is 6.11. The predicted octanol–water partition coefficient (Wildman–Crippen LogP) is 4.30. The summed E-state index contributed by atoms with van der Waals surface area (Å²) in [6.07, 6.45) is 0.806. The van der Waals surface area contributed by atoms with Crippen LogP contribution in [-0.4, -0.2) is 0 Å². The number of rotatable bonds is 3. The summed E-state index contributed by atoms with van der Waals surface area (Å²) in [5.41, 5.74) is 8.33. The third kappa shape index (κ3) is 2.98. The van der Waals surface area contributed by atoms with Crippen LogP contribution in [0.2, 0.25) is 10.0 Å². The first-order valence-electron chi connectivity index (χ1n) is 4.88. The molecule has 1 aromatic carbocycles. The van der Waals surface area contributed by atoms with Crippen molar-refractivity contribution in [2.75, 3.05) is 0 Å². The lowest BCUT2D eigenvalue weighted by atomic mass is 10.0. The Hall–Kier alpha value is -0.540. The van der Waals surface area contributed by atoms with E-state index in [1.807, 2.05) is 17.5 Å². The molecule has 1 aromatic heterocycles. The second-order valence-electron chi connectivity index (χ2n) is 3.64. The third-order valence-corrected chi connectivity index (χ3v) is 3.52. The van der Waals surface area contributed by atoms with Crippen molar-refractivity contribution in [1.29, 1.82) is 0 Å². The van der Waals surface area contributed by atoms with Gasteiger partial charge in [0.25, 0.3) is 0 Å². The second-order valence-corrected chi connectivity index (χ2v) is 5.30. The molecule has 1 nitrogen and oxygen atoms in total. The molecular formula is C12H11Cl2NS. The predicted molar refractivity (Wildman–Crippen MR) is 71.4 cm³/mol. The molecule has 1 unspecified atom stereocenters. The molecule has 0 amide bonds. The molecule has 2 aromatic rings. The van der Waals surface area contributed by atoms with Gasteiger partial charge in [0.2, 0.25) is 0 Å². The second kappa shape index (κ2) is 5.19. The lowest BCUT2D eigenvalue weighted by Crippen LogP contribution is -2.12. The molecule has 2 N–H and O–H groups in total. The molecule has 0 bridgehead atoms. The molecule has 84 valence electrons. The molecule has 0 radical (unpaired) electrons. The van der Waals surface area contributed by atoms with E-state index in [2.05, 4.69) is 11.4 Å². The molecule has 0 spiro atoms. The highest BCUT2D eigenvalue weighted by Crippen LogP contribution is 2.24. The summed E-state index contributed by atoms with van der Waals surface area (Å²) in [4.78, 5) is 0. The van der Waals surface area contributed by atoms with Gasteiger partial charge in [-0.2, -0.15) is 11.3 Å². The van der Waals surface area contributed by atoms with Gasteiger partial charge in [0.1, 0.15) is 0 Å². The smallest absolute Gasteiger partial charge is 0.0424 e. The third-order valence-electron chi connectivity index (χ3n) is 2.35. The number of thiophene rings is 1. The molecular weight excluding hydrogens is 261 g/mol. The highest BCUT2D eigenvalue weighted by molar-refractivity contribution is 7.07. The number of nitrogens with two attached hydrogens (primary N) is 1. The minimum absolute atomic E-state index is 0.0641. The molecule has 0 aliphatic rings. The summed E-state index contributed by atoms with van der Waals surface area (Å²) in [6, 6.07) is 7.46. The summed E-state index contributed by atoms with van der Waals surface area (Å²) in [5, 5.41) is 5.41. The lowest BCUT2D eigenvalue weighted by Gasteiger charge is -2.12. The zero-order valence-corrected chi connectivity index (χ0v) is 10.8. The Kier molecular flexibility index (Phi) is 3.87. The van der Waals surface area contributed by atoms with Gasteiger partial charge in [-0.15, -0.1) is 0 Å². The molecule has 0 aliphatic heterocycles. The van der Waals surface area contributed by atoms with Crippen molar-refractivity contribution in [2.24, 2.45) is 5.73 Å². The SMILES string of the molecule is NC(Cc1ccsc1)c1cc(Cl)cc(Cl)c1. The Labute approximate surface area is 109 Å². The van der Waals surface area contributed by atoms with E-state index in [9.17, 15) is 0 Å². The van der Waals surface area contributed by atoms with Crippen LogP contribution in [0.3, 0.4) is 0 Å². The standard InChI is InChI=1S/C12H11Cl2NS/c13-10-4-9(5-11(14)6-10)12(15)3-8-1-2-16-7-8/h1-2,4-7,12H,3,15H2. The van der Waals surface area contributed by atoms with Crippen molar-refractivity contribution >= 4 is 34.5 Å². The number of hydrogen-bond acceptors (Lipinski definition) is 2. The molecule has 1 atom stereocenters. The Morgan fingerprint density at radius 1 is 1.19 bits per heavy atom. The Morgan fingerprint density at radius 3 is 2.44 bits per heavy atom. The Morgan fingerprint density at radius 2 is 1.88 bits per heavy atom. The van der Waals surface area contributed by atoms with E-state index >= 15 is 0 Å². The van der Waals surface area contributed by atoms with Crippen LogP contribution in [0.15, 0.2) is 35.0 Å². The topological polar surface area (TPSA) is 26.0 Å². The maximum atomic E-state index is 6.11. The summed E-state index contributed by atoms with van der Waals surface area (Å²) >= 11 is 13.6. The van der Waals surface area contributed by atoms with Crippen LogP contribution in [0.1, 0.15) is 17.2 Å². The van der Waals surface area contributed by atoms with Crippen LogP contribution < -0.4 is 5.73 Å². The van der Waals surface area contributed by atoms with E-state index in [1.165, 1.54) is 5.56 Å². The van der Waals surface area contributed by atoms with Crippen molar-refractivity contribution in [3.8, 4) is 0 Å². The quantitative estimate of drug-likeness (QED) is 0.885.